The summed E-state index contributed by atoms with van der Waals surface area (Å²) in [5.41, 5.74) is 1.24. The van der Waals surface area contributed by atoms with E-state index in [9.17, 15) is 9.18 Å². The number of halogens is 1. The van der Waals surface area contributed by atoms with Crippen molar-refractivity contribution in [3.05, 3.63) is 23.5 Å². The van der Waals surface area contributed by atoms with Gasteiger partial charge in [0.25, 0.3) is 0 Å². The van der Waals surface area contributed by atoms with E-state index in [1.54, 1.807) is 0 Å². The van der Waals surface area contributed by atoms with Crippen molar-refractivity contribution in [3.63, 3.8) is 0 Å². The van der Waals surface area contributed by atoms with Crippen LogP contribution in [0.25, 0.3) is 0 Å². The summed E-state index contributed by atoms with van der Waals surface area (Å²) in [7, 11) is 0. The summed E-state index contributed by atoms with van der Waals surface area (Å²) in [6.45, 7) is 0. The average molecular weight is 181 g/mol. The zero-order valence-electron chi connectivity index (χ0n) is 6.80. The first kappa shape index (κ1) is 8.04. The molecule has 0 aliphatic carbocycles. The topological polar surface area (TPSA) is 49.3 Å². The van der Waals surface area contributed by atoms with Crippen LogP contribution in [0.15, 0.2) is 12.1 Å². The van der Waals surface area contributed by atoms with Crippen molar-refractivity contribution in [2.75, 3.05) is 5.32 Å². The smallest absolute Gasteiger partial charge is 0.224 e. The molecule has 0 aromatic heterocycles. The van der Waals surface area contributed by atoms with E-state index < -0.39 is 5.82 Å². The Kier molecular flexibility index (Phi) is 1.69. The van der Waals surface area contributed by atoms with Crippen LogP contribution in [0.1, 0.15) is 12.0 Å². The molecule has 13 heavy (non-hydrogen) atoms. The van der Waals surface area contributed by atoms with E-state index in [0.29, 0.717) is 18.5 Å². The number of fused-ring (bicyclic) bond motifs is 1. The largest absolute Gasteiger partial charge is 0.505 e. The minimum Gasteiger partial charge on any atom is -0.505 e. The molecule has 0 bridgehead atoms. The van der Waals surface area contributed by atoms with Crippen molar-refractivity contribution < 1.29 is 14.3 Å². The maximum absolute atomic E-state index is 12.8. The Hall–Kier alpha value is -1.58. The number of rotatable bonds is 0. The second-order valence-corrected chi connectivity index (χ2v) is 3.01. The molecule has 1 aromatic rings. The van der Waals surface area contributed by atoms with Gasteiger partial charge >= 0.3 is 0 Å². The van der Waals surface area contributed by atoms with E-state index in [1.807, 2.05) is 0 Å². The summed E-state index contributed by atoms with van der Waals surface area (Å²) >= 11 is 0. The number of aryl methyl sites for hydroxylation is 1. The normalized spacial score (nSPS) is 15.0. The number of benzene rings is 1. The van der Waals surface area contributed by atoms with Crippen molar-refractivity contribution in [3.8, 4) is 5.75 Å². The fraction of sp³-hybridized carbons (Fsp3) is 0.222. The van der Waals surface area contributed by atoms with Gasteiger partial charge < -0.3 is 10.4 Å². The molecule has 0 saturated carbocycles. The molecule has 1 aliphatic heterocycles. The lowest BCUT2D eigenvalue weighted by Gasteiger charge is -2.16. The van der Waals surface area contributed by atoms with Crippen LogP contribution in [0.2, 0.25) is 0 Å². The summed E-state index contributed by atoms with van der Waals surface area (Å²) in [5.74, 6) is -1.19. The summed E-state index contributed by atoms with van der Waals surface area (Å²) in [6.07, 6.45) is 0.938. The molecular formula is C9H8FNO2. The molecule has 0 radical (unpaired) electrons. The summed E-state index contributed by atoms with van der Waals surface area (Å²) < 4.78 is 12.8. The molecule has 0 fully saturated rings. The molecule has 0 unspecified atom stereocenters. The fourth-order valence-corrected chi connectivity index (χ4v) is 1.39. The van der Waals surface area contributed by atoms with Gasteiger partial charge in [0, 0.05) is 18.2 Å². The second-order valence-electron chi connectivity index (χ2n) is 3.01. The molecule has 0 saturated heterocycles. The van der Waals surface area contributed by atoms with Crippen molar-refractivity contribution in [2.24, 2.45) is 0 Å². The van der Waals surface area contributed by atoms with Gasteiger partial charge in [-0.1, -0.05) is 0 Å². The molecule has 1 heterocycles. The molecule has 2 rings (SSSR count). The summed E-state index contributed by atoms with van der Waals surface area (Å²) in [5, 5.41) is 11.6. The highest BCUT2D eigenvalue weighted by Gasteiger charge is 2.16. The van der Waals surface area contributed by atoms with E-state index in [1.165, 1.54) is 6.07 Å². The Morgan fingerprint density at radius 3 is 2.92 bits per heavy atom. The van der Waals surface area contributed by atoms with Crippen LogP contribution in [0.5, 0.6) is 5.75 Å². The second kappa shape index (κ2) is 2.73. The van der Waals surface area contributed by atoms with Crippen molar-refractivity contribution in [1.82, 2.24) is 0 Å². The van der Waals surface area contributed by atoms with Gasteiger partial charge in [0.2, 0.25) is 5.91 Å². The summed E-state index contributed by atoms with van der Waals surface area (Å²) in [4.78, 5) is 10.9. The standard InChI is InChI=1S/C9H8FNO2/c10-6-4-7-5(3-8(6)12)1-2-9(13)11-7/h3-4,12H,1-2H2,(H,11,13). The predicted octanol–water partition coefficient (Wildman–Crippen LogP) is 1.42. The zero-order valence-corrected chi connectivity index (χ0v) is 6.80. The quantitative estimate of drug-likeness (QED) is 0.594. The van der Waals surface area contributed by atoms with Crippen LogP contribution in [0.4, 0.5) is 10.1 Å². The third-order valence-corrected chi connectivity index (χ3v) is 2.07. The number of carbonyl (C=O) groups is 1. The number of carbonyl (C=O) groups excluding carboxylic acids is 1. The highest BCUT2D eigenvalue weighted by Crippen LogP contribution is 2.28. The molecule has 3 nitrogen and oxygen atoms in total. The highest BCUT2D eigenvalue weighted by molar-refractivity contribution is 5.94. The molecule has 2 N–H and O–H groups in total. The number of phenolic OH excluding ortho intramolecular Hbond substituents is 1. The maximum atomic E-state index is 12.8. The van der Waals surface area contributed by atoms with E-state index in [4.69, 9.17) is 5.11 Å². The Labute approximate surface area is 74.2 Å². The summed E-state index contributed by atoms with van der Waals surface area (Å²) in [6, 6.07) is 2.49. The van der Waals surface area contributed by atoms with Crippen LogP contribution in [0.3, 0.4) is 0 Å². The Morgan fingerprint density at radius 1 is 1.38 bits per heavy atom. The van der Waals surface area contributed by atoms with Gasteiger partial charge in [-0.2, -0.15) is 0 Å². The van der Waals surface area contributed by atoms with Crippen LogP contribution < -0.4 is 5.32 Å². The minimum absolute atomic E-state index is 0.113. The van der Waals surface area contributed by atoms with Crippen LogP contribution >= 0.6 is 0 Å². The lowest BCUT2D eigenvalue weighted by molar-refractivity contribution is -0.116. The first-order valence-electron chi connectivity index (χ1n) is 3.98. The Balaban J connectivity index is 2.49. The highest BCUT2D eigenvalue weighted by atomic mass is 19.1. The Morgan fingerprint density at radius 2 is 2.15 bits per heavy atom. The van der Waals surface area contributed by atoms with Crippen LogP contribution in [-0.4, -0.2) is 11.0 Å². The van der Waals surface area contributed by atoms with E-state index in [-0.39, 0.29) is 11.7 Å². The third kappa shape index (κ3) is 1.35. The SMILES string of the molecule is O=C1CCc2cc(O)c(F)cc2N1. The van der Waals surface area contributed by atoms with Gasteiger partial charge in [-0.05, 0) is 18.1 Å². The van der Waals surface area contributed by atoms with Gasteiger partial charge in [-0.15, -0.1) is 0 Å². The molecular weight excluding hydrogens is 173 g/mol. The first-order chi connectivity index (χ1) is 6.16. The third-order valence-electron chi connectivity index (χ3n) is 2.07. The lowest BCUT2D eigenvalue weighted by atomic mass is 10.0. The molecule has 1 amide bonds. The molecule has 4 heteroatoms. The number of aromatic hydroxyl groups is 1. The molecule has 1 aliphatic rings. The number of nitrogens with one attached hydrogen (secondary N) is 1. The number of hydrogen-bond donors (Lipinski definition) is 2. The number of anilines is 1. The van der Waals surface area contributed by atoms with Crippen molar-refractivity contribution in [2.45, 2.75) is 12.8 Å². The van der Waals surface area contributed by atoms with Crippen LogP contribution in [0, 0.1) is 5.82 Å². The molecule has 68 valence electrons. The van der Waals surface area contributed by atoms with Crippen LogP contribution in [-0.2, 0) is 11.2 Å². The molecule has 0 spiro atoms. The van der Waals surface area contributed by atoms with Gasteiger partial charge in [0.15, 0.2) is 11.6 Å². The fourth-order valence-electron chi connectivity index (χ4n) is 1.39. The van der Waals surface area contributed by atoms with Gasteiger partial charge in [0.1, 0.15) is 0 Å². The van der Waals surface area contributed by atoms with E-state index in [2.05, 4.69) is 5.32 Å². The first-order valence-corrected chi connectivity index (χ1v) is 3.98. The van der Waals surface area contributed by atoms with Gasteiger partial charge in [-0.3, -0.25) is 4.79 Å². The van der Waals surface area contributed by atoms with E-state index in [0.717, 1.165) is 11.6 Å². The minimum atomic E-state index is -0.707. The monoisotopic (exact) mass is 181 g/mol. The Bertz CT molecular complexity index is 376. The molecule has 1 aromatic carbocycles. The maximum Gasteiger partial charge on any atom is 0.224 e. The number of amides is 1. The zero-order chi connectivity index (χ0) is 9.42. The van der Waals surface area contributed by atoms with Gasteiger partial charge in [0.05, 0.1) is 0 Å². The van der Waals surface area contributed by atoms with E-state index >= 15 is 0 Å². The number of hydrogen-bond acceptors (Lipinski definition) is 2. The van der Waals surface area contributed by atoms with Gasteiger partial charge in [-0.25, -0.2) is 4.39 Å². The number of phenols is 1. The molecule has 0 atom stereocenters. The average Bonchev–Trinajstić information content (AvgIpc) is 2.08. The van der Waals surface area contributed by atoms with Crippen molar-refractivity contribution in [1.29, 1.82) is 0 Å². The predicted molar refractivity (Wildman–Crippen MR) is 45.0 cm³/mol. The van der Waals surface area contributed by atoms with Crippen molar-refractivity contribution >= 4 is 11.6 Å². The lowest BCUT2D eigenvalue weighted by Crippen LogP contribution is -2.18.